The minimum absolute atomic E-state index is 0.261. The maximum Gasteiger partial charge on any atom is 0.573 e. The molecule has 2 aromatic rings. The molecule has 0 aliphatic heterocycles. The molecule has 2 rings (SSSR count). The normalized spacial score (nSPS) is 10.9. The van der Waals surface area contributed by atoms with Crippen LogP contribution in [0.2, 0.25) is 5.02 Å². The van der Waals surface area contributed by atoms with E-state index in [4.69, 9.17) is 11.6 Å². The summed E-state index contributed by atoms with van der Waals surface area (Å²) in [5.74, 6) is -1.42. The van der Waals surface area contributed by atoms with E-state index in [-0.39, 0.29) is 12.2 Å². The Labute approximate surface area is 145 Å². The first-order valence-electron chi connectivity index (χ1n) is 6.92. The summed E-state index contributed by atoms with van der Waals surface area (Å²) in [6, 6.07) is 10.8. The molecule has 0 bridgehead atoms. The molecular weight excluding hydrogens is 361 g/mol. The van der Waals surface area contributed by atoms with Gasteiger partial charge in [-0.3, -0.25) is 9.59 Å². The highest BCUT2D eigenvalue weighted by Gasteiger charge is 2.30. The van der Waals surface area contributed by atoms with E-state index in [1.807, 2.05) is 0 Å². The minimum Gasteiger partial charge on any atom is -0.406 e. The summed E-state index contributed by atoms with van der Waals surface area (Å²) in [5.41, 5.74) is 0.561. The Hall–Kier alpha value is -2.74. The largest absolute Gasteiger partial charge is 0.573 e. The summed E-state index contributed by atoms with van der Waals surface area (Å²) in [6.45, 7) is -0.313. The fourth-order valence-corrected chi connectivity index (χ4v) is 2.03. The van der Waals surface area contributed by atoms with E-state index in [9.17, 15) is 22.8 Å². The van der Waals surface area contributed by atoms with Crippen LogP contribution in [0.15, 0.2) is 48.5 Å². The Kier molecular flexibility index (Phi) is 5.87. The van der Waals surface area contributed by atoms with Crippen LogP contribution < -0.4 is 15.4 Å². The van der Waals surface area contributed by atoms with Gasteiger partial charge in [0.1, 0.15) is 5.75 Å². The molecule has 0 heterocycles. The van der Waals surface area contributed by atoms with Crippen LogP contribution in [0.4, 0.5) is 18.9 Å². The summed E-state index contributed by atoms with van der Waals surface area (Å²) >= 11 is 5.77. The third-order valence-corrected chi connectivity index (χ3v) is 3.10. The number of benzene rings is 2. The van der Waals surface area contributed by atoms with Crippen molar-refractivity contribution in [3.63, 3.8) is 0 Å². The fourth-order valence-electron chi connectivity index (χ4n) is 1.84. The van der Waals surface area contributed by atoms with Crippen LogP contribution in [0.3, 0.4) is 0 Å². The van der Waals surface area contributed by atoms with Gasteiger partial charge in [0, 0.05) is 16.3 Å². The van der Waals surface area contributed by atoms with E-state index in [1.54, 1.807) is 18.2 Å². The number of rotatable bonds is 5. The molecule has 0 spiro atoms. The van der Waals surface area contributed by atoms with Crippen LogP contribution in [-0.4, -0.2) is 24.7 Å². The smallest absolute Gasteiger partial charge is 0.406 e. The highest BCUT2D eigenvalue weighted by molar-refractivity contribution is 6.31. The van der Waals surface area contributed by atoms with Gasteiger partial charge in [0.25, 0.3) is 5.91 Å². The zero-order chi connectivity index (χ0) is 18.4. The first-order valence-corrected chi connectivity index (χ1v) is 7.30. The van der Waals surface area contributed by atoms with E-state index in [0.29, 0.717) is 10.6 Å². The Morgan fingerprint density at radius 3 is 2.36 bits per heavy atom. The van der Waals surface area contributed by atoms with E-state index in [2.05, 4.69) is 15.4 Å². The van der Waals surface area contributed by atoms with Crippen LogP contribution in [0.1, 0.15) is 10.4 Å². The number of carbonyl (C=O) groups excluding carboxylic acids is 2. The number of hydrogen-bond acceptors (Lipinski definition) is 3. The molecule has 0 unspecified atom stereocenters. The van der Waals surface area contributed by atoms with E-state index in [1.165, 1.54) is 18.2 Å². The molecule has 0 atom stereocenters. The third kappa shape index (κ3) is 6.34. The van der Waals surface area contributed by atoms with E-state index < -0.39 is 23.9 Å². The number of carbonyl (C=O) groups is 2. The zero-order valence-corrected chi connectivity index (χ0v) is 13.3. The molecule has 0 radical (unpaired) electrons. The molecule has 0 fully saturated rings. The van der Waals surface area contributed by atoms with Crippen LogP contribution in [-0.2, 0) is 4.79 Å². The molecule has 2 aromatic carbocycles. The van der Waals surface area contributed by atoms with Gasteiger partial charge in [0.2, 0.25) is 5.91 Å². The number of anilines is 1. The predicted molar refractivity (Wildman–Crippen MR) is 85.5 cm³/mol. The van der Waals surface area contributed by atoms with Gasteiger partial charge in [0.05, 0.1) is 6.54 Å². The lowest BCUT2D eigenvalue weighted by molar-refractivity contribution is -0.274. The Morgan fingerprint density at radius 1 is 1.08 bits per heavy atom. The van der Waals surface area contributed by atoms with Gasteiger partial charge < -0.3 is 15.4 Å². The third-order valence-electron chi connectivity index (χ3n) is 2.87. The van der Waals surface area contributed by atoms with Gasteiger partial charge in [-0.1, -0.05) is 17.7 Å². The van der Waals surface area contributed by atoms with Gasteiger partial charge in [-0.25, -0.2) is 0 Å². The van der Waals surface area contributed by atoms with Crippen LogP contribution in [0.25, 0.3) is 0 Å². The maximum atomic E-state index is 12.1. The molecule has 2 amide bonds. The Bertz CT molecular complexity index is 764. The second kappa shape index (κ2) is 7.89. The average Bonchev–Trinajstić information content (AvgIpc) is 2.53. The lowest BCUT2D eigenvalue weighted by Crippen LogP contribution is -2.32. The number of ether oxygens (including phenoxy) is 1. The average molecular weight is 373 g/mol. The summed E-state index contributed by atoms with van der Waals surface area (Å²) < 4.78 is 39.9. The molecule has 0 aliphatic rings. The number of nitrogens with one attached hydrogen (secondary N) is 2. The second-order valence-corrected chi connectivity index (χ2v) is 5.25. The van der Waals surface area contributed by atoms with Crippen LogP contribution in [0, 0.1) is 0 Å². The summed E-state index contributed by atoms with van der Waals surface area (Å²) in [4.78, 5) is 23.6. The maximum absolute atomic E-state index is 12.1. The topological polar surface area (TPSA) is 67.4 Å². The number of halogens is 4. The van der Waals surface area contributed by atoms with Crippen molar-refractivity contribution in [2.24, 2.45) is 0 Å². The van der Waals surface area contributed by atoms with Crippen LogP contribution >= 0.6 is 11.6 Å². The molecule has 5 nitrogen and oxygen atoms in total. The number of alkyl halides is 3. The molecular formula is C16H12ClF3N2O3. The van der Waals surface area contributed by atoms with Crippen molar-refractivity contribution in [3.05, 3.63) is 59.1 Å². The fraction of sp³-hybridized carbons (Fsp3) is 0.125. The molecule has 25 heavy (non-hydrogen) atoms. The summed E-state index contributed by atoms with van der Waals surface area (Å²) in [5, 5.41) is 5.23. The molecule has 0 saturated heterocycles. The lowest BCUT2D eigenvalue weighted by atomic mass is 10.2. The van der Waals surface area contributed by atoms with Gasteiger partial charge in [0.15, 0.2) is 0 Å². The molecule has 132 valence electrons. The standard InChI is InChI=1S/C16H12ClF3N2O3/c17-11-3-1-2-10(8-11)15(24)21-9-14(23)22-12-4-6-13(7-5-12)25-16(18,19)20/h1-8H,9H2,(H,21,24)(H,22,23). The highest BCUT2D eigenvalue weighted by Crippen LogP contribution is 2.23. The quantitative estimate of drug-likeness (QED) is 0.842. The summed E-state index contributed by atoms with van der Waals surface area (Å²) in [6.07, 6.45) is -4.78. The van der Waals surface area contributed by atoms with Crippen molar-refractivity contribution in [1.29, 1.82) is 0 Å². The predicted octanol–water partition coefficient (Wildman–Crippen LogP) is 3.61. The highest BCUT2D eigenvalue weighted by atomic mass is 35.5. The van der Waals surface area contributed by atoms with Crippen molar-refractivity contribution < 1.29 is 27.5 Å². The van der Waals surface area contributed by atoms with Gasteiger partial charge in [-0.2, -0.15) is 0 Å². The second-order valence-electron chi connectivity index (χ2n) is 4.81. The number of amides is 2. The zero-order valence-electron chi connectivity index (χ0n) is 12.6. The first kappa shape index (κ1) is 18.6. The van der Waals surface area contributed by atoms with Gasteiger partial charge in [-0.05, 0) is 42.5 Å². The van der Waals surface area contributed by atoms with Gasteiger partial charge >= 0.3 is 6.36 Å². The van der Waals surface area contributed by atoms with E-state index >= 15 is 0 Å². The molecule has 0 aliphatic carbocycles. The lowest BCUT2D eigenvalue weighted by Gasteiger charge is -2.10. The van der Waals surface area contributed by atoms with Crippen molar-refractivity contribution in [1.82, 2.24) is 5.32 Å². The molecule has 0 aromatic heterocycles. The Morgan fingerprint density at radius 2 is 1.76 bits per heavy atom. The Balaban J connectivity index is 1.85. The van der Waals surface area contributed by atoms with Crippen molar-refractivity contribution >= 4 is 29.1 Å². The van der Waals surface area contributed by atoms with Crippen molar-refractivity contribution in [3.8, 4) is 5.75 Å². The molecule has 9 heteroatoms. The van der Waals surface area contributed by atoms with Crippen molar-refractivity contribution in [2.45, 2.75) is 6.36 Å². The van der Waals surface area contributed by atoms with E-state index in [0.717, 1.165) is 12.1 Å². The summed E-state index contributed by atoms with van der Waals surface area (Å²) in [7, 11) is 0. The monoisotopic (exact) mass is 372 g/mol. The number of hydrogen-bond donors (Lipinski definition) is 2. The SMILES string of the molecule is O=C(CNC(=O)c1cccc(Cl)c1)Nc1ccc(OC(F)(F)F)cc1. The first-order chi connectivity index (χ1) is 11.7. The van der Waals surface area contributed by atoms with Crippen LogP contribution in [0.5, 0.6) is 5.75 Å². The van der Waals surface area contributed by atoms with Crippen molar-refractivity contribution in [2.75, 3.05) is 11.9 Å². The minimum atomic E-state index is -4.78. The van der Waals surface area contributed by atoms with Gasteiger partial charge in [-0.15, -0.1) is 13.2 Å². The molecule has 2 N–H and O–H groups in total. The molecule has 0 saturated carbocycles.